The minimum absolute atomic E-state index is 0.178. The number of carbonyl (C=O) groups is 1. The Hall–Kier alpha value is -1.85. The van der Waals surface area contributed by atoms with Crippen LogP contribution >= 0.6 is 0 Å². The van der Waals surface area contributed by atoms with E-state index in [1.54, 1.807) is 18.1 Å². The fraction of sp³-hybridized carbons (Fsp3) is 0.545. The van der Waals surface area contributed by atoms with Crippen molar-refractivity contribution in [3.05, 3.63) is 22.7 Å². The summed E-state index contributed by atoms with van der Waals surface area (Å²) < 4.78 is 1.41. The lowest BCUT2D eigenvalue weighted by atomic mass is 10.3. The second-order valence-electron chi connectivity index (χ2n) is 4.38. The summed E-state index contributed by atoms with van der Waals surface area (Å²) >= 11 is 0. The van der Waals surface area contributed by atoms with E-state index < -0.39 is 5.97 Å². The molecule has 2 rings (SSSR count). The van der Waals surface area contributed by atoms with Crippen LogP contribution in [0.1, 0.15) is 12.8 Å². The molecule has 0 saturated heterocycles. The molecule has 0 spiro atoms. The maximum atomic E-state index is 11.9. The number of aromatic nitrogens is 2. The lowest BCUT2D eigenvalue weighted by Crippen LogP contribution is -2.37. The summed E-state index contributed by atoms with van der Waals surface area (Å²) in [6.45, 7) is 0.418. The van der Waals surface area contributed by atoms with Gasteiger partial charge in [-0.15, -0.1) is 0 Å². The fourth-order valence-electron chi connectivity index (χ4n) is 1.70. The van der Waals surface area contributed by atoms with E-state index in [0.29, 0.717) is 12.5 Å². The largest absolute Gasteiger partial charge is 0.480 e. The number of anilines is 1. The van der Waals surface area contributed by atoms with Crippen molar-refractivity contribution in [2.45, 2.75) is 12.8 Å². The van der Waals surface area contributed by atoms with Gasteiger partial charge in [0.2, 0.25) is 0 Å². The van der Waals surface area contributed by atoms with Crippen molar-refractivity contribution in [3.8, 4) is 0 Å². The predicted molar refractivity (Wildman–Crippen MR) is 62.1 cm³/mol. The maximum Gasteiger partial charge on any atom is 0.323 e. The molecule has 0 atom stereocenters. The van der Waals surface area contributed by atoms with Crippen LogP contribution in [0, 0.1) is 5.92 Å². The first-order valence-corrected chi connectivity index (χ1v) is 5.56. The first kappa shape index (κ1) is 11.6. The molecule has 1 heterocycles. The fourth-order valence-corrected chi connectivity index (χ4v) is 1.70. The molecule has 1 aromatic heterocycles. The standard InChI is InChI=1S/C11H15N3O3/c1-13-5-4-12-10(11(13)17)14(7-9(15)16)6-8-2-3-8/h4-5,8H,2-3,6-7H2,1H3,(H,15,16). The van der Waals surface area contributed by atoms with E-state index >= 15 is 0 Å². The molecule has 0 radical (unpaired) electrons. The van der Waals surface area contributed by atoms with E-state index in [1.165, 1.54) is 10.8 Å². The van der Waals surface area contributed by atoms with Crippen LogP contribution in [0.4, 0.5) is 5.82 Å². The van der Waals surface area contributed by atoms with Gasteiger partial charge in [-0.05, 0) is 18.8 Å². The molecule has 0 bridgehead atoms. The molecule has 6 nitrogen and oxygen atoms in total. The van der Waals surface area contributed by atoms with Gasteiger partial charge in [0, 0.05) is 26.0 Å². The average Bonchev–Trinajstić information content (AvgIpc) is 3.04. The second kappa shape index (κ2) is 4.57. The number of hydrogen-bond acceptors (Lipinski definition) is 4. The highest BCUT2D eigenvalue weighted by molar-refractivity contribution is 5.73. The van der Waals surface area contributed by atoms with E-state index in [-0.39, 0.29) is 17.9 Å². The van der Waals surface area contributed by atoms with Gasteiger partial charge in [-0.1, -0.05) is 0 Å². The molecule has 1 N–H and O–H groups in total. The minimum Gasteiger partial charge on any atom is -0.480 e. The Balaban J connectivity index is 2.26. The Labute approximate surface area is 98.5 Å². The highest BCUT2D eigenvalue weighted by atomic mass is 16.4. The smallest absolute Gasteiger partial charge is 0.323 e. The number of aryl methyl sites for hydroxylation is 1. The third-order valence-corrected chi connectivity index (χ3v) is 2.80. The van der Waals surface area contributed by atoms with Crippen LogP contribution in [0.2, 0.25) is 0 Å². The average molecular weight is 237 g/mol. The van der Waals surface area contributed by atoms with Gasteiger partial charge >= 0.3 is 5.97 Å². The Morgan fingerprint density at radius 2 is 2.35 bits per heavy atom. The van der Waals surface area contributed by atoms with E-state index in [9.17, 15) is 9.59 Å². The van der Waals surface area contributed by atoms with Crippen molar-refractivity contribution >= 4 is 11.8 Å². The molecule has 6 heteroatoms. The van der Waals surface area contributed by atoms with Gasteiger partial charge in [0.1, 0.15) is 6.54 Å². The van der Waals surface area contributed by atoms with Gasteiger partial charge in [-0.2, -0.15) is 0 Å². The van der Waals surface area contributed by atoms with Gasteiger partial charge in [-0.25, -0.2) is 4.98 Å². The number of nitrogens with zero attached hydrogens (tertiary/aromatic N) is 3. The molecule has 92 valence electrons. The summed E-state index contributed by atoms with van der Waals surface area (Å²) in [5.74, 6) is -0.219. The van der Waals surface area contributed by atoms with Crippen molar-refractivity contribution in [2.24, 2.45) is 13.0 Å². The highest BCUT2D eigenvalue weighted by Gasteiger charge is 2.27. The third-order valence-electron chi connectivity index (χ3n) is 2.80. The number of rotatable bonds is 5. The molecule has 0 unspecified atom stereocenters. The Morgan fingerprint density at radius 3 is 2.94 bits per heavy atom. The Kier molecular flexibility index (Phi) is 3.12. The summed E-state index contributed by atoms with van der Waals surface area (Å²) in [7, 11) is 1.63. The lowest BCUT2D eigenvalue weighted by Gasteiger charge is -2.20. The van der Waals surface area contributed by atoms with Gasteiger partial charge in [0.15, 0.2) is 5.82 Å². The molecule has 1 aliphatic rings. The zero-order chi connectivity index (χ0) is 12.4. The molecule has 0 amide bonds. The van der Waals surface area contributed by atoms with E-state index in [4.69, 9.17) is 5.11 Å². The number of aliphatic carboxylic acids is 1. The molecule has 1 aliphatic carbocycles. The number of carboxylic acid groups (broad SMARTS) is 1. The summed E-state index contributed by atoms with van der Waals surface area (Å²) in [6.07, 6.45) is 5.27. The number of hydrogen-bond donors (Lipinski definition) is 1. The Morgan fingerprint density at radius 1 is 1.65 bits per heavy atom. The molecule has 0 aromatic carbocycles. The van der Waals surface area contributed by atoms with Gasteiger partial charge < -0.3 is 14.6 Å². The van der Waals surface area contributed by atoms with Crippen LogP contribution in [-0.4, -0.2) is 33.7 Å². The van der Waals surface area contributed by atoms with Gasteiger partial charge in [-0.3, -0.25) is 9.59 Å². The SMILES string of the molecule is Cn1ccnc(N(CC(=O)O)CC2CC2)c1=O. The van der Waals surface area contributed by atoms with Crippen LogP contribution < -0.4 is 10.5 Å². The zero-order valence-electron chi connectivity index (χ0n) is 9.67. The zero-order valence-corrected chi connectivity index (χ0v) is 9.67. The van der Waals surface area contributed by atoms with Crippen molar-refractivity contribution in [1.82, 2.24) is 9.55 Å². The molecular formula is C11H15N3O3. The first-order valence-electron chi connectivity index (χ1n) is 5.56. The van der Waals surface area contributed by atoms with E-state index in [1.807, 2.05) is 0 Å². The molecule has 1 fully saturated rings. The first-order chi connectivity index (χ1) is 8.08. The van der Waals surface area contributed by atoms with Crippen LogP contribution in [-0.2, 0) is 11.8 Å². The lowest BCUT2D eigenvalue weighted by molar-refractivity contribution is -0.135. The van der Waals surface area contributed by atoms with Crippen LogP contribution in [0.3, 0.4) is 0 Å². The van der Waals surface area contributed by atoms with Crippen LogP contribution in [0.15, 0.2) is 17.2 Å². The van der Waals surface area contributed by atoms with Gasteiger partial charge in [0.05, 0.1) is 0 Å². The molecule has 0 aliphatic heterocycles. The summed E-state index contributed by atoms with van der Waals surface area (Å²) in [4.78, 5) is 28.2. The van der Waals surface area contributed by atoms with Crippen molar-refractivity contribution < 1.29 is 9.90 Å². The minimum atomic E-state index is -0.946. The van der Waals surface area contributed by atoms with E-state index in [2.05, 4.69) is 4.98 Å². The van der Waals surface area contributed by atoms with Crippen molar-refractivity contribution in [2.75, 3.05) is 18.0 Å². The van der Waals surface area contributed by atoms with Crippen LogP contribution in [0.25, 0.3) is 0 Å². The summed E-state index contributed by atoms with van der Waals surface area (Å²) in [5, 5.41) is 8.86. The van der Waals surface area contributed by atoms with Crippen molar-refractivity contribution in [1.29, 1.82) is 0 Å². The summed E-state index contributed by atoms with van der Waals surface area (Å²) in [5.41, 5.74) is -0.255. The highest BCUT2D eigenvalue weighted by Crippen LogP contribution is 2.30. The van der Waals surface area contributed by atoms with Gasteiger partial charge in [0.25, 0.3) is 5.56 Å². The van der Waals surface area contributed by atoms with E-state index in [0.717, 1.165) is 12.8 Å². The van der Waals surface area contributed by atoms with Crippen molar-refractivity contribution in [3.63, 3.8) is 0 Å². The summed E-state index contributed by atoms with van der Waals surface area (Å²) in [6, 6.07) is 0. The topological polar surface area (TPSA) is 75.4 Å². The molecule has 17 heavy (non-hydrogen) atoms. The molecule has 1 saturated carbocycles. The quantitative estimate of drug-likeness (QED) is 0.785. The van der Waals surface area contributed by atoms with Crippen LogP contribution in [0.5, 0.6) is 0 Å². The normalized spacial score (nSPS) is 14.6. The Bertz CT molecular complexity index is 479. The second-order valence-corrected chi connectivity index (χ2v) is 4.38. The molecule has 1 aromatic rings. The molecular weight excluding hydrogens is 222 g/mol. The monoisotopic (exact) mass is 237 g/mol. The number of carboxylic acids is 1. The third kappa shape index (κ3) is 2.83. The predicted octanol–water partition coefficient (Wildman–Crippen LogP) is 0.0813. The maximum absolute atomic E-state index is 11.9.